The molecule has 17 heavy (non-hydrogen) atoms. The van der Waals surface area contributed by atoms with Crippen molar-refractivity contribution in [1.82, 2.24) is 0 Å². The van der Waals surface area contributed by atoms with Crippen LogP contribution in [0.15, 0.2) is 18.2 Å². The van der Waals surface area contributed by atoms with Crippen LogP contribution >= 0.6 is 0 Å². The molecule has 1 aliphatic rings. The number of benzene rings is 1. The molecule has 1 fully saturated rings. The van der Waals surface area contributed by atoms with E-state index in [0.717, 1.165) is 31.4 Å². The molecular weight excluding hydrogens is 221 g/mol. The van der Waals surface area contributed by atoms with Gasteiger partial charge in [-0.3, -0.25) is 0 Å². The molecule has 1 aromatic carbocycles. The van der Waals surface area contributed by atoms with Crippen molar-refractivity contribution < 1.29 is 13.9 Å². The van der Waals surface area contributed by atoms with E-state index in [0.29, 0.717) is 0 Å². The van der Waals surface area contributed by atoms with Gasteiger partial charge in [0.2, 0.25) is 0 Å². The van der Waals surface area contributed by atoms with Crippen LogP contribution < -0.4 is 10.5 Å². The van der Waals surface area contributed by atoms with E-state index in [4.69, 9.17) is 15.2 Å². The first-order chi connectivity index (χ1) is 8.22. The maximum absolute atomic E-state index is 13.6. The molecule has 0 bridgehead atoms. The fourth-order valence-electron chi connectivity index (χ4n) is 2.15. The van der Waals surface area contributed by atoms with Crippen LogP contribution in [0, 0.1) is 5.82 Å². The summed E-state index contributed by atoms with van der Waals surface area (Å²) in [4.78, 5) is 0. The van der Waals surface area contributed by atoms with E-state index in [1.807, 2.05) is 0 Å². The van der Waals surface area contributed by atoms with E-state index in [-0.39, 0.29) is 23.7 Å². The van der Waals surface area contributed by atoms with Crippen molar-refractivity contribution >= 4 is 0 Å². The van der Waals surface area contributed by atoms with Crippen molar-refractivity contribution in [3.05, 3.63) is 29.6 Å². The van der Waals surface area contributed by atoms with E-state index in [9.17, 15) is 4.39 Å². The van der Waals surface area contributed by atoms with Crippen molar-refractivity contribution in [2.45, 2.75) is 31.4 Å². The summed E-state index contributed by atoms with van der Waals surface area (Å²) < 4.78 is 24.0. The van der Waals surface area contributed by atoms with Crippen molar-refractivity contribution in [2.24, 2.45) is 5.73 Å². The highest BCUT2D eigenvalue weighted by atomic mass is 19.1. The molecule has 0 aromatic heterocycles. The Balaban J connectivity index is 2.12. The fraction of sp³-hybridized carbons (Fsp3) is 0.538. The molecule has 0 radical (unpaired) electrons. The summed E-state index contributed by atoms with van der Waals surface area (Å²) in [6, 6.07) is 4.56. The van der Waals surface area contributed by atoms with Crippen LogP contribution in [-0.4, -0.2) is 19.8 Å². The first-order valence-corrected chi connectivity index (χ1v) is 5.93. The largest absolute Gasteiger partial charge is 0.494 e. The predicted octanol–water partition coefficient (Wildman–Crippen LogP) is 2.40. The first kappa shape index (κ1) is 12.3. The topological polar surface area (TPSA) is 44.5 Å². The van der Waals surface area contributed by atoms with Gasteiger partial charge in [-0.2, -0.15) is 0 Å². The third kappa shape index (κ3) is 2.76. The Morgan fingerprint density at radius 3 is 2.88 bits per heavy atom. The number of hydrogen-bond acceptors (Lipinski definition) is 3. The molecule has 1 heterocycles. The minimum Gasteiger partial charge on any atom is -0.494 e. The van der Waals surface area contributed by atoms with Gasteiger partial charge in [-0.05, 0) is 37.0 Å². The normalized spacial score (nSPS) is 22.2. The second-order valence-corrected chi connectivity index (χ2v) is 4.32. The lowest BCUT2D eigenvalue weighted by Gasteiger charge is -2.28. The molecule has 2 rings (SSSR count). The molecule has 2 unspecified atom stereocenters. The fourth-order valence-corrected chi connectivity index (χ4v) is 2.15. The summed E-state index contributed by atoms with van der Waals surface area (Å²) in [5.74, 6) is -0.137. The van der Waals surface area contributed by atoms with Crippen LogP contribution in [0.25, 0.3) is 0 Å². The Morgan fingerprint density at radius 2 is 2.29 bits per heavy atom. The summed E-state index contributed by atoms with van der Waals surface area (Å²) in [6.07, 6.45) is 3.14. The predicted molar refractivity (Wildman–Crippen MR) is 63.5 cm³/mol. The molecule has 4 heteroatoms. The first-order valence-electron chi connectivity index (χ1n) is 5.93. The molecule has 1 aromatic rings. The average Bonchev–Trinajstić information content (AvgIpc) is 2.39. The molecule has 2 N–H and O–H groups in total. The summed E-state index contributed by atoms with van der Waals surface area (Å²) in [6.45, 7) is 0.747. The van der Waals surface area contributed by atoms with Gasteiger partial charge in [0.15, 0.2) is 11.6 Å². The zero-order valence-electron chi connectivity index (χ0n) is 9.99. The summed E-state index contributed by atoms with van der Waals surface area (Å²) in [5, 5.41) is 0. The Labute approximate surface area is 101 Å². The van der Waals surface area contributed by atoms with Crippen molar-refractivity contribution in [3.63, 3.8) is 0 Å². The average molecular weight is 239 g/mol. The van der Waals surface area contributed by atoms with E-state index in [1.54, 1.807) is 12.1 Å². The Bertz CT molecular complexity index is 378. The standard InChI is InChI=1S/C13H18FNO2/c1-16-11-6-5-9(8-10(11)14)13(15)12-4-2-3-7-17-12/h5-6,8,12-13H,2-4,7,15H2,1H3. The molecule has 0 saturated carbocycles. The summed E-state index contributed by atoms with van der Waals surface area (Å²) in [7, 11) is 1.45. The van der Waals surface area contributed by atoms with Gasteiger partial charge in [0.25, 0.3) is 0 Å². The Kier molecular flexibility index (Phi) is 3.97. The number of nitrogens with two attached hydrogens (primary N) is 1. The summed E-state index contributed by atoms with van der Waals surface area (Å²) in [5.41, 5.74) is 6.86. The van der Waals surface area contributed by atoms with Crippen molar-refractivity contribution in [1.29, 1.82) is 0 Å². The van der Waals surface area contributed by atoms with Gasteiger partial charge in [0.1, 0.15) is 0 Å². The smallest absolute Gasteiger partial charge is 0.165 e. The van der Waals surface area contributed by atoms with E-state index in [1.165, 1.54) is 13.2 Å². The highest BCUT2D eigenvalue weighted by molar-refractivity contribution is 5.31. The van der Waals surface area contributed by atoms with Crippen LogP contribution in [0.4, 0.5) is 4.39 Å². The maximum atomic E-state index is 13.6. The number of hydrogen-bond donors (Lipinski definition) is 1. The third-order valence-corrected chi connectivity index (χ3v) is 3.18. The molecule has 2 atom stereocenters. The maximum Gasteiger partial charge on any atom is 0.165 e. The molecule has 0 aliphatic carbocycles. The zero-order valence-corrected chi connectivity index (χ0v) is 9.99. The number of ether oxygens (including phenoxy) is 2. The van der Waals surface area contributed by atoms with E-state index < -0.39 is 0 Å². The number of methoxy groups -OCH3 is 1. The highest BCUT2D eigenvalue weighted by Crippen LogP contribution is 2.27. The third-order valence-electron chi connectivity index (χ3n) is 3.18. The molecule has 0 amide bonds. The lowest BCUT2D eigenvalue weighted by atomic mass is 9.96. The monoisotopic (exact) mass is 239 g/mol. The minimum atomic E-state index is -0.378. The van der Waals surface area contributed by atoms with Crippen LogP contribution in [0.2, 0.25) is 0 Å². The Morgan fingerprint density at radius 1 is 1.47 bits per heavy atom. The molecular formula is C13H18FNO2. The van der Waals surface area contributed by atoms with Gasteiger partial charge in [-0.15, -0.1) is 0 Å². The van der Waals surface area contributed by atoms with Gasteiger partial charge in [0.05, 0.1) is 19.3 Å². The van der Waals surface area contributed by atoms with Crippen LogP contribution in [0.3, 0.4) is 0 Å². The molecule has 3 nitrogen and oxygen atoms in total. The SMILES string of the molecule is COc1ccc(C(N)C2CCCCO2)cc1F. The zero-order chi connectivity index (χ0) is 12.3. The highest BCUT2D eigenvalue weighted by Gasteiger charge is 2.23. The second-order valence-electron chi connectivity index (χ2n) is 4.32. The van der Waals surface area contributed by atoms with E-state index in [2.05, 4.69) is 0 Å². The Hall–Kier alpha value is -1.13. The van der Waals surface area contributed by atoms with Gasteiger partial charge in [0, 0.05) is 6.61 Å². The molecule has 1 aliphatic heterocycles. The lowest BCUT2D eigenvalue weighted by Crippen LogP contribution is -2.31. The van der Waals surface area contributed by atoms with Crippen LogP contribution in [0.1, 0.15) is 30.9 Å². The van der Waals surface area contributed by atoms with Gasteiger partial charge in [-0.1, -0.05) is 6.07 Å². The second kappa shape index (κ2) is 5.47. The summed E-state index contributed by atoms with van der Waals surface area (Å²) >= 11 is 0. The van der Waals surface area contributed by atoms with Crippen LogP contribution in [0.5, 0.6) is 5.75 Å². The van der Waals surface area contributed by atoms with Gasteiger partial charge < -0.3 is 15.2 Å². The molecule has 1 saturated heterocycles. The van der Waals surface area contributed by atoms with Crippen molar-refractivity contribution in [2.75, 3.05) is 13.7 Å². The lowest BCUT2D eigenvalue weighted by molar-refractivity contribution is -0.0000426. The number of rotatable bonds is 3. The van der Waals surface area contributed by atoms with Crippen LogP contribution in [-0.2, 0) is 4.74 Å². The van der Waals surface area contributed by atoms with E-state index >= 15 is 0 Å². The van der Waals surface area contributed by atoms with Gasteiger partial charge >= 0.3 is 0 Å². The number of halogens is 1. The molecule has 0 spiro atoms. The van der Waals surface area contributed by atoms with Gasteiger partial charge in [-0.25, -0.2) is 4.39 Å². The molecule has 94 valence electrons. The minimum absolute atomic E-state index is 0.00320. The quantitative estimate of drug-likeness (QED) is 0.881. The van der Waals surface area contributed by atoms with Crippen molar-refractivity contribution in [3.8, 4) is 5.75 Å².